The summed E-state index contributed by atoms with van der Waals surface area (Å²) in [4.78, 5) is 5.01. The third-order valence-corrected chi connectivity index (χ3v) is 15.6. The van der Waals surface area contributed by atoms with Gasteiger partial charge in [-0.15, -0.1) is 0 Å². The molecule has 62 heavy (non-hydrogen) atoms. The molecular weight excluding hydrogens is 816 g/mol. The van der Waals surface area contributed by atoms with Gasteiger partial charge in [0.1, 0.15) is 0 Å². The van der Waals surface area contributed by atoms with Crippen molar-refractivity contribution >= 4 is 89.5 Å². The van der Waals surface area contributed by atoms with E-state index in [4.69, 9.17) is 0 Å². The summed E-state index contributed by atoms with van der Waals surface area (Å²) in [6.07, 6.45) is 0. The zero-order valence-corrected chi connectivity index (χ0v) is 36.3. The zero-order valence-electron chi connectivity index (χ0n) is 34.6. The van der Waals surface area contributed by atoms with Crippen molar-refractivity contribution in [1.29, 1.82) is 0 Å². The second-order valence-corrected chi connectivity index (χ2v) is 19.0. The van der Waals surface area contributed by atoms with E-state index in [-0.39, 0.29) is 19.9 Å². The summed E-state index contributed by atoms with van der Waals surface area (Å²) in [6, 6.07) is 80.8. The van der Waals surface area contributed by atoms with Gasteiger partial charge >= 0.3 is 370 Å². The molecule has 1 aliphatic rings. The van der Waals surface area contributed by atoms with Crippen molar-refractivity contribution in [3.63, 3.8) is 0 Å². The van der Waals surface area contributed by atoms with Crippen molar-refractivity contribution in [3.8, 4) is 22.3 Å². The van der Waals surface area contributed by atoms with Gasteiger partial charge in [-0.3, -0.25) is 0 Å². The molecule has 0 saturated heterocycles. The number of hydrogen-bond donors (Lipinski definition) is 0. The van der Waals surface area contributed by atoms with Gasteiger partial charge in [0.15, 0.2) is 0 Å². The molecule has 3 heteroatoms. The summed E-state index contributed by atoms with van der Waals surface area (Å²) in [5, 5.41) is 7.90. The van der Waals surface area contributed by atoms with Gasteiger partial charge in [-0.05, 0) is 0 Å². The Hall–Kier alpha value is -7.16. The first-order valence-electron chi connectivity index (χ1n) is 21.4. The maximum atomic E-state index is 2.54. The summed E-state index contributed by atoms with van der Waals surface area (Å²) in [5.74, 6) is 0. The standard InChI is InChI=1S/C59H42N2Se/c1-59(2)52-28-16-14-27-48(52)49-35-33-44(37-53(49)59)60(42-21-8-4-9-22-42)55-38-45(61(43-23-10-5-11-24-43)54-29-17-15-25-46(54)39-18-6-3-7-19-39)36-51-50-34-32-41-31-30-40-20-12-13-26-47(40)56(41)58(50)62-57(51)55/h3-38H,1-2H3. The molecule has 294 valence electrons. The van der Waals surface area contributed by atoms with Crippen LogP contribution in [0.15, 0.2) is 218 Å². The van der Waals surface area contributed by atoms with Crippen molar-refractivity contribution in [2.75, 3.05) is 9.80 Å². The fraction of sp³-hybridized carbons (Fsp3) is 0.0508. The molecule has 2 nitrogen and oxygen atoms in total. The number of rotatable bonds is 7. The van der Waals surface area contributed by atoms with Gasteiger partial charge in [0.2, 0.25) is 0 Å². The minimum atomic E-state index is -0.139. The molecule has 1 aliphatic carbocycles. The molecule has 10 aromatic carbocycles. The zero-order chi connectivity index (χ0) is 41.4. The summed E-state index contributed by atoms with van der Waals surface area (Å²) in [6.45, 7) is 4.76. The average Bonchev–Trinajstić information content (AvgIpc) is 3.82. The summed E-state index contributed by atoms with van der Waals surface area (Å²) < 4.78 is 2.85. The number of hydrogen-bond acceptors (Lipinski definition) is 2. The topological polar surface area (TPSA) is 6.48 Å². The summed E-state index contributed by atoms with van der Waals surface area (Å²) >= 11 is 0.000945. The normalized spacial score (nSPS) is 12.8. The van der Waals surface area contributed by atoms with E-state index in [1.165, 1.54) is 79.9 Å². The van der Waals surface area contributed by atoms with E-state index in [9.17, 15) is 0 Å². The van der Waals surface area contributed by atoms with E-state index in [1.54, 1.807) is 0 Å². The number of benzene rings is 10. The predicted molar refractivity (Wildman–Crippen MR) is 266 cm³/mol. The Labute approximate surface area is 368 Å². The van der Waals surface area contributed by atoms with Crippen molar-refractivity contribution < 1.29 is 0 Å². The maximum absolute atomic E-state index is 2.54. The molecule has 0 radical (unpaired) electrons. The molecule has 0 saturated carbocycles. The minimum absolute atomic E-state index is 0.000945. The number of nitrogens with zero attached hydrogens (tertiary/aromatic N) is 2. The van der Waals surface area contributed by atoms with Crippen LogP contribution in [0.5, 0.6) is 0 Å². The van der Waals surface area contributed by atoms with Crippen molar-refractivity contribution in [3.05, 3.63) is 230 Å². The van der Waals surface area contributed by atoms with E-state index in [1.807, 2.05) is 0 Å². The monoisotopic (exact) mass is 858 g/mol. The first kappa shape index (κ1) is 36.7. The van der Waals surface area contributed by atoms with Crippen LogP contribution in [0.1, 0.15) is 25.0 Å². The molecule has 1 aromatic heterocycles. The molecule has 0 N–H and O–H groups in total. The van der Waals surface area contributed by atoms with Gasteiger partial charge in [-0.2, -0.15) is 0 Å². The third kappa shape index (κ3) is 5.77. The molecule has 0 atom stereocenters. The average molecular weight is 858 g/mol. The fourth-order valence-electron chi connectivity index (χ4n) is 10.1. The van der Waals surface area contributed by atoms with Crippen molar-refractivity contribution in [2.45, 2.75) is 19.3 Å². The summed E-state index contributed by atoms with van der Waals surface area (Å²) in [5.41, 5.74) is 14.5. The van der Waals surface area contributed by atoms with Crippen molar-refractivity contribution in [1.82, 2.24) is 0 Å². The molecule has 0 unspecified atom stereocenters. The Morgan fingerprint density at radius 2 is 0.952 bits per heavy atom. The van der Waals surface area contributed by atoms with Crippen molar-refractivity contribution in [2.24, 2.45) is 0 Å². The van der Waals surface area contributed by atoms with Crippen LogP contribution < -0.4 is 9.80 Å². The van der Waals surface area contributed by atoms with Crippen LogP contribution in [0.3, 0.4) is 0 Å². The van der Waals surface area contributed by atoms with Gasteiger partial charge in [0.25, 0.3) is 0 Å². The Morgan fingerprint density at radius 3 is 1.73 bits per heavy atom. The van der Waals surface area contributed by atoms with Gasteiger partial charge in [-0.1, -0.05) is 0 Å². The quantitative estimate of drug-likeness (QED) is 0.116. The second-order valence-electron chi connectivity index (χ2n) is 16.9. The van der Waals surface area contributed by atoms with Crippen LogP contribution in [0.25, 0.3) is 63.1 Å². The number of fused-ring (bicyclic) bond motifs is 10. The fourth-order valence-corrected chi connectivity index (χ4v) is 12.9. The van der Waals surface area contributed by atoms with E-state index < -0.39 is 0 Å². The molecule has 0 spiro atoms. The van der Waals surface area contributed by atoms with Crippen LogP contribution in [0.2, 0.25) is 0 Å². The van der Waals surface area contributed by atoms with E-state index in [0.717, 1.165) is 28.4 Å². The van der Waals surface area contributed by atoms with Gasteiger partial charge in [0, 0.05) is 0 Å². The number of para-hydroxylation sites is 3. The Bertz CT molecular complexity index is 3500. The molecule has 11 aromatic rings. The SMILES string of the molecule is CC1(C)c2ccccc2-c2ccc(N(c3ccccc3)c3cc(N(c4ccccc4)c4ccccc4-c4ccccc4)cc4c3[se]c3c4ccc4ccc5ccccc5c43)cc21. The molecular formula is C59H42N2Se. The van der Waals surface area contributed by atoms with E-state index in [2.05, 4.69) is 242 Å². The van der Waals surface area contributed by atoms with E-state index >= 15 is 0 Å². The van der Waals surface area contributed by atoms with Crippen LogP contribution >= 0.6 is 0 Å². The molecule has 0 aliphatic heterocycles. The molecule has 0 bridgehead atoms. The van der Waals surface area contributed by atoms with Crippen LogP contribution in [0.4, 0.5) is 34.1 Å². The summed E-state index contributed by atoms with van der Waals surface area (Å²) in [7, 11) is 0. The van der Waals surface area contributed by atoms with Crippen LogP contribution in [-0.2, 0) is 5.41 Å². The number of anilines is 6. The van der Waals surface area contributed by atoms with E-state index in [0.29, 0.717) is 0 Å². The Balaban J connectivity index is 1.20. The first-order valence-corrected chi connectivity index (χ1v) is 23.1. The predicted octanol–water partition coefficient (Wildman–Crippen LogP) is 16.3. The molecule has 12 rings (SSSR count). The second kappa shape index (κ2) is 14.5. The van der Waals surface area contributed by atoms with Gasteiger partial charge in [-0.25, -0.2) is 0 Å². The third-order valence-electron chi connectivity index (χ3n) is 13.0. The molecule has 0 amide bonds. The first-order chi connectivity index (χ1) is 30.5. The van der Waals surface area contributed by atoms with Gasteiger partial charge in [0.05, 0.1) is 0 Å². The molecule has 1 heterocycles. The van der Waals surface area contributed by atoms with Gasteiger partial charge < -0.3 is 0 Å². The Morgan fingerprint density at radius 1 is 0.355 bits per heavy atom. The van der Waals surface area contributed by atoms with Crippen LogP contribution in [-0.4, -0.2) is 14.5 Å². The molecule has 0 fully saturated rings. The Kier molecular flexibility index (Phi) is 8.57. The van der Waals surface area contributed by atoms with Crippen LogP contribution in [0, 0.1) is 0 Å².